The fraction of sp³-hybridized carbons (Fsp3) is 0.614. The third kappa shape index (κ3) is 73.5. The molecule has 1 atom stereocenters. The fourth-order valence-corrected chi connectivity index (χ4v) is 9.78. The van der Waals surface area contributed by atoms with Gasteiger partial charge in [0.2, 0.25) is 0 Å². The standard InChI is InChI=1S/C83H134O5/c1-3-5-7-9-11-13-15-17-19-21-23-25-27-29-31-33-35-37-38-39-40-41-42-43-44-46-48-50-52-54-56-58-60-62-64-66-68-70-72-74-76-78-83(86)88-81(79-84)80-87-82(85)77-75-73-71-69-67-65-63-61-59-57-55-53-51-49-47-45-36-34-32-30-28-26-24-22-20-18-16-14-12-10-8-6-4-2/h5,7,11,13,16-19,22-25,28-31,35,37,39-40,42-43,46,48,52,54,58,60,64,66,81,84H,3-4,6,8-10,12,14-15,20-21,26-27,32-34,36,38,41,44-45,47,49-51,53,55-57,59,61-63,65,67-80H2,1-2H3/b7-5-,13-11-,18-16-,19-17-,24-22-,25-23-,30-28-,31-29-,37-35-,40-39-,43-42-,48-46-,54-52-,60-58-,66-64-. The maximum atomic E-state index is 12.4. The molecule has 1 N–H and O–H groups in total. The summed E-state index contributed by atoms with van der Waals surface area (Å²) in [5.74, 6) is -0.623. The Morgan fingerprint density at radius 2 is 0.489 bits per heavy atom. The molecule has 0 aromatic rings. The van der Waals surface area contributed by atoms with Crippen molar-refractivity contribution in [3.63, 3.8) is 0 Å². The predicted molar refractivity (Wildman–Crippen MR) is 389 cm³/mol. The van der Waals surface area contributed by atoms with E-state index in [0.717, 1.165) is 141 Å². The van der Waals surface area contributed by atoms with Crippen molar-refractivity contribution in [2.75, 3.05) is 13.2 Å². The van der Waals surface area contributed by atoms with Gasteiger partial charge in [0.15, 0.2) is 6.10 Å². The van der Waals surface area contributed by atoms with Crippen LogP contribution in [-0.4, -0.2) is 36.4 Å². The lowest BCUT2D eigenvalue weighted by Gasteiger charge is -2.15. The van der Waals surface area contributed by atoms with Crippen molar-refractivity contribution >= 4 is 11.9 Å². The normalized spacial score (nSPS) is 13.4. The largest absolute Gasteiger partial charge is 0.462 e. The monoisotopic (exact) mass is 1210 g/mol. The van der Waals surface area contributed by atoms with Crippen molar-refractivity contribution in [2.45, 2.75) is 315 Å². The van der Waals surface area contributed by atoms with Gasteiger partial charge < -0.3 is 14.6 Å². The van der Waals surface area contributed by atoms with E-state index in [0.29, 0.717) is 12.8 Å². The Morgan fingerprint density at radius 1 is 0.273 bits per heavy atom. The maximum Gasteiger partial charge on any atom is 0.306 e. The third-order valence-corrected chi connectivity index (χ3v) is 15.2. The van der Waals surface area contributed by atoms with E-state index >= 15 is 0 Å². The van der Waals surface area contributed by atoms with Crippen LogP contribution in [-0.2, 0) is 19.1 Å². The van der Waals surface area contributed by atoms with E-state index in [2.05, 4.69) is 196 Å². The van der Waals surface area contributed by atoms with Crippen molar-refractivity contribution in [1.82, 2.24) is 0 Å². The lowest BCUT2D eigenvalue weighted by Crippen LogP contribution is -2.28. The van der Waals surface area contributed by atoms with E-state index in [1.807, 2.05) is 0 Å². The quantitative estimate of drug-likeness (QED) is 0.0373. The first-order valence-electron chi connectivity index (χ1n) is 36.3. The van der Waals surface area contributed by atoms with Gasteiger partial charge in [-0.2, -0.15) is 0 Å². The minimum Gasteiger partial charge on any atom is -0.462 e. The molecule has 0 saturated carbocycles. The highest BCUT2D eigenvalue weighted by molar-refractivity contribution is 5.70. The average molecular weight is 1210 g/mol. The molecule has 0 saturated heterocycles. The van der Waals surface area contributed by atoms with Gasteiger partial charge in [0, 0.05) is 12.8 Å². The molecule has 5 heteroatoms. The molecule has 1 unspecified atom stereocenters. The van der Waals surface area contributed by atoms with Crippen LogP contribution >= 0.6 is 0 Å². The van der Waals surface area contributed by atoms with Crippen molar-refractivity contribution in [1.29, 1.82) is 0 Å². The Hall–Kier alpha value is -5.00. The molecular formula is C83H134O5. The lowest BCUT2D eigenvalue weighted by molar-refractivity contribution is -0.161. The van der Waals surface area contributed by atoms with Gasteiger partial charge in [-0.05, 0) is 141 Å². The SMILES string of the molecule is CC/C=C\C/C=C\C/C=C\C/C=C\C/C=C\C/C=C\C/C=C\C/C=C\C/C=C\C/C=C\C/C=C\C/C=C\CCCCCCC(=O)OC(CO)COC(=O)CCCCCCCCCCCCCCCCCCCC/C=C\C/C=C\C/C=C\CCCCCCC. The predicted octanol–water partition coefficient (Wildman–Crippen LogP) is 25.8. The lowest BCUT2D eigenvalue weighted by atomic mass is 10.0. The van der Waals surface area contributed by atoms with Gasteiger partial charge in [0.05, 0.1) is 6.61 Å². The van der Waals surface area contributed by atoms with Gasteiger partial charge in [-0.15, -0.1) is 0 Å². The third-order valence-electron chi connectivity index (χ3n) is 15.2. The zero-order chi connectivity index (χ0) is 63.3. The Labute approximate surface area is 544 Å². The number of ether oxygens (including phenoxy) is 2. The van der Waals surface area contributed by atoms with Crippen LogP contribution < -0.4 is 0 Å². The second kappa shape index (κ2) is 76.2. The summed E-state index contributed by atoms with van der Waals surface area (Å²) >= 11 is 0. The number of hydrogen-bond donors (Lipinski definition) is 1. The van der Waals surface area contributed by atoms with E-state index in [1.165, 1.54) is 141 Å². The average Bonchev–Trinajstić information content (AvgIpc) is 3.56. The molecule has 5 nitrogen and oxygen atoms in total. The van der Waals surface area contributed by atoms with Crippen molar-refractivity contribution in [2.24, 2.45) is 0 Å². The van der Waals surface area contributed by atoms with Crippen molar-refractivity contribution in [3.8, 4) is 0 Å². The molecule has 0 spiro atoms. The Bertz CT molecular complexity index is 1960. The van der Waals surface area contributed by atoms with Crippen LogP contribution in [0.3, 0.4) is 0 Å². The first kappa shape index (κ1) is 83.0. The number of carbonyl (C=O) groups is 2. The second-order valence-corrected chi connectivity index (χ2v) is 23.6. The molecular weight excluding hydrogens is 1080 g/mol. The van der Waals surface area contributed by atoms with Gasteiger partial charge >= 0.3 is 11.9 Å². The van der Waals surface area contributed by atoms with E-state index in [4.69, 9.17) is 9.47 Å². The number of carbonyl (C=O) groups excluding carboxylic acids is 2. The van der Waals surface area contributed by atoms with Gasteiger partial charge in [0.25, 0.3) is 0 Å². The maximum absolute atomic E-state index is 12.4. The highest BCUT2D eigenvalue weighted by atomic mass is 16.6. The van der Waals surface area contributed by atoms with Crippen LogP contribution in [0, 0.1) is 0 Å². The number of esters is 2. The fourth-order valence-electron chi connectivity index (χ4n) is 9.78. The van der Waals surface area contributed by atoms with Crippen LogP contribution in [0.2, 0.25) is 0 Å². The number of hydrogen-bond acceptors (Lipinski definition) is 5. The smallest absolute Gasteiger partial charge is 0.306 e. The Morgan fingerprint density at radius 3 is 0.739 bits per heavy atom. The highest BCUT2D eigenvalue weighted by Crippen LogP contribution is 2.16. The highest BCUT2D eigenvalue weighted by Gasteiger charge is 2.16. The second-order valence-electron chi connectivity index (χ2n) is 23.6. The summed E-state index contributed by atoms with van der Waals surface area (Å²) in [6, 6.07) is 0. The molecule has 0 fully saturated rings. The van der Waals surface area contributed by atoms with Gasteiger partial charge in [-0.25, -0.2) is 0 Å². The summed E-state index contributed by atoms with van der Waals surface area (Å²) in [4.78, 5) is 24.7. The molecule has 0 aromatic heterocycles. The van der Waals surface area contributed by atoms with Crippen molar-refractivity contribution < 1.29 is 24.2 Å². The van der Waals surface area contributed by atoms with Gasteiger partial charge in [-0.1, -0.05) is 337 Å². The summed E-state index contributed by atoms with van der Waals surface area (Å²) in [5.41, 5.74) is 0. The number of aliphatic hydroxyl groups excluding tert-OH is 1. The summed E-state index contributed by atoms with van der Waals surface area (Å²) in [5, 5.41) is 9.71. The molecule has 0 aliphatic carbocycles. The first-order chi connectivity index (χ1) is 43.6. The minimum absolute atomic E-state index is 0.0851. The molecule has 0 rings (SSSR count). The zero-order valence-corrected chi connectivity index (χ0v) is 56.9. The first-order valence-corrected chi connectivity index (χ1v) is 36.3. The molecule has 0 radical (unpaired) electrons. The summed E-state index contributed by atoms with van der Waals surface area (Å²) in [7, 11) is 0. The molecule has 0 aromatic carbocycles. The zero-order valence-electron chi connectivity index (χ0n) is 56.9. The minimum atomic E-state index is -0.800. The molecule has 496 valence electrons. The van der Waals surface area contributed by atoms with Crippen LogP contribution in [0.4, 0.5) is 0 Å². The number of rotatable bonds is 65. The van der Waals surface area contributed by atoms with Gasteiger partial charge in [0.1, 0.15) is 6.61 Å². The van der Waals surface area contributed by atoms with Crippen LogP contribution in [0.15, 0.2) is 182 Å². The van der Waals surface area contributed by atoms with E-state index in [-0.39, 0.29) is 25.2 Å². The molecule has 0 bridgehead atoms. The van der Waals surface area contributed by atoms with Crippen LogP contribution in [0.1, 0.15) is 309 Å². The molecule has 0 aliphatic heterocycles. The van der Waals surface area contributed by atoms with E-state index in [9.17, 15) is 14.7 Å². The summed E-state index contributed by atoms with van der Waals surface area (Å²) in [6.45, 7) is 4.00. The topological polar surface area (TPSA) is 72.8 Å². The molecule has 0 aliphatic rings. The molecule has 0 heterocycles. The Kier molecular flexibility index (Phi) is 71.9. The van der Waals surface area contributed by atoms with E-state index in [1.54, 1.807) is 0 Å². The number of allylic oxidation sites excluding steroid dienone is 30. The summed E-state index contributed by atoms with van der Waals surface area (Å²) in [6.07, 6.45) is 119. The number of unbranched alkanes of at least 4 members (excludes halogenated alkanes) is 27. The van der Waals surface area contributed by atoms with E-state index < -0.39 is 6.10 Å². The molecule has 0 amide bonds. The van der Waals surface area contributed by atoms with Crippen LogP contribution in [0.5, 0.6) is 0 Å². The van der Waals surface area contributed by atoms with Crippen LogP contribution in [0.25, 0.3) is 0 Å². The van der Waals surface area contributed by atoms with Gasteiger partial charge in [-0.3, -0.25) is 9.59 Å². The summed E-state index contributed by atoms with van der Waals surface area (Å²) < 4.78 is 10.7. The Balaban J connectivity index is 3.60. The number of aliphatic hydroxyl groups is 1. The van der Waals surface area contributed by atoms with Crippen molar-refractivity contribution in [3.05, 3.63) is 182 Å². The molecule has 88 heavy (non-hydrogen) atoms.